The third-order valence-corrected chi connectivity index (χ3v) is 5.19. The van der Waals surface area contributed by atoms with Gasteiger partial charge in [0, 0.05) is 37.9 Å². The molecule has 0 bridgehead atoms. The summed E-state index contributed by atoms with van der Waals surface area (Å²) in [5, 5.41) is 4.66. The summed E-state index contributed by atoms with van der Waals surface area (Å²) in [6, 6.07) is 11.3. The molecule has 1 saturated carbocycles. The molecule has 0 amide bonds. The molecule has 0 radical (unpaired) electrons. The monoisotopic (exact) mass is 329 g/mol. The van der Waals surface area contributed by atoms with Crippen molar-refractivity contribution < 1.29 is 0 Å². The van der Waals surface area contributed by atoms with Gasteiger partial charge in [-0.1, -0.05) is 18.2 Å². The van der Waals surface area contributed by atoms with Crippen molar-refractivity contribution in [3.8, 4) is 0 Å². The van der Waals surface area contributed by atoms with Crippen molar-refractivity contribution in [3.63, 3.8) is 0 Å². The first-order valence-electron chi connectivity index (χ1n) is 8.40. The Morgan fingerprint density at radius 1 is 1.09 bits per heavy atom. The summed E-state index contributed by atoms with van der Waals surface area (Å²) in [6.45, 7) is 7.08. The number of aromatic nitrogens is 3. The van der Waals surface area contributed by atoms with Crippen LogP contribution in [0, 0.1) is 11.7 Å². The van der Waals surface area contributed by atoms with Gasteiger partial charge in [0.15, 0.2) is 4.77 Å². The summed E-state index contributed by atoms with van der Waals surface area (Å²) in [6.07, 6.45) is 2.49. The molecular weight excluding hydrogens is 306 g/mol. The van der Waals surface area contributed by atoms with Crippen LogP contribution in [0.3, 0.4) is 0 Å². The fourth-order valence-corrected chi connectivity index (χ4v) is 3.73. The molecule has 2 aliphatic rings. The number of rotatable bonds is 4. The second-order valence-electron chi connectivity index (χ2n) is 6.51. The second kappa shape index (κ2) is 6.09. The summed E-state index contributed by atoms with van der Waals surface area (Å²) in [5.41, 5.74) is 1.32. The largest absolute Gasteiger partial charge is 0.369 e. The van der Waals surface area contributed by atoms with Gasteiger partial charge in [-0.15, -0.1) is 0 Å². The summed E-state index contributed by atoms with van der Waals surface area (Å²) in [5.74, 6) is 1.06. The normalized spacial score (nSPS) is 19.3. The standard InChI is InChI=1S/C17H23N5S/c1-14-18-21(17(23)22(14)16-7-8-16)13-19-9-11-20(12-10-19)15-5-3-2-4-6-15/h2-6,16H,7-13H2,1H3. The Morgan fingerprint density at radius 3 is 2.43 bits per heavy atom. The average molecular weight is 329 g/mol. The van der Waals surface area contributed by atoms with Crippen LogP contribution in [-0.2, 0) is 6.67 Å². The molecule has 1 saturated heterocycles. The molecule has 2 aromatic rings. The highest BCUT2D eigenvalue weighted by atomic mass is 32.1. The van der Waals surface area contributed by atoms with Crippen LogP contribution in [0.25, 0.3) is 0 Å². The number of hydrogen-bond acceptors (Lipinski definition) is 4. The summed E-state index contributed by atoms with van der Waals surface area (Å²) in [7, 11) is 0. The summed E-state index contributed by atoms with van der Waals surface area (Å²) in [4.78, 5) is 4.89. The maximum atomic E-state index is 5.62. The predicted octanol–water partition coefficient (Wildman–Crippen LogP) is 2.84. The van der Waals surface area contributed by atoms with Gasteiger partial charge < -0.3 is 9.47 Å². The van der Waals surface area contributed by atoms with Gasteiger partial charge in [0.2, 0.25) is 0 Å². The zero-order valence-corrected chi connectivity index (χ0v) is 14.4. The van der Waals surface area contributed by atoms with Crippen molar-refractivity contribution in [1.82, 2.24) is 19.2 Å². The smallest absolute Gasteiger partial charge is 0.199 e. The molecule has 6 heteroatoms. The maximum Gasteiger partial charge on any atom is 0.199 e. The number of hydrogen-bond donors (Lipinski definition) is 0. The van der Waals surface area contributed by atoms with Gasteiger partial charge in [-0.05, 0) is 44.1 Å². The molecule has 122 valence electrons. The third-order valence-electron chi connectivity index (χ3n) is 4.78. The zero-order valence-electron chi connectivity index (χ0n) is 13.6. The van der Waals surface area contributed by atoms with Crippen LogP contribution in [0.1, 0.15) is 24.7 Å². The van der Waals surface area contributed by atoms with E-state index >= 15 is 0 Å². The highest BCUT2D eigenvalue weighted by Crippen LogP contribution is 2.35. The van der Waals surface area contributed by atoms with Crippen LogP contribution in [-0.4, -0.2) is 45.4 Å². The Hall–Kier alpha value is -1.66. The summed E-state index contributed by atoms with van der Waals surface area (Å²) >= 11 is 5.62. The van der Waals surface area contributed by atoms with E-state index in [4.69, 9.17) is 12.2 Å². The van der Waals surface area contributed by atoms with Gasteiger partial charge >= 0.3 is 0 Å². The minimum Gasteiger partial charge on any atom is -0.369 e. The van der Waals surface area contributed by atoms with E-state index < -0.39 is 0 Å². The lowest BCUT2D eigenvalue weighted by molar-refractivity contribution is 0.194. The molecule has 1 aromatic carbocycles. The van der Waals surface area contributed by atoms with Crippen LogP contribution in [0.4, 0.5) is 5.69 Å². The molecule has 5 nitrogen and oxygen atoms in total. The number of aryl methyl sites for hydroxylation is 1. The fraction of sp³-hybridized carbons (Fsp3) is 0.529. The highest BCUT2D eigenvalue weighted by Gasteiger charge is 2.27. The number of benzene rings is 1. The Kier molecular flexibility index (Phi) is 3.95. The van der Waals surface area contributed by atoms with Gasteiger partial charge in [-0.3, -0.25) is 4.90 Å². The van der Waals surface area contributed by atoms with E-state index in [-0.39, 0.29) is 0 Å². The van der Waals surface area contributed by atoms with Crippen LogP contribution in [0.2, 0.25) is 0 Å². The number of nitrogens with zero attached hydrogens (tertiary/aromatic N) is 5. The van der Waals surface area contributed by atoms with Gasteiger partial charge in [0.25, 0.3) is 0 Å². The van der Waals surface area contributed by atoms with Gasteiger partial charge in [0.1, 0.15) is 5.82 Å². The molecule has 0 spiro atoms. The first kappa shape index (κ1) is 14.9. The molecule has 1 aromatic heterocycles. The Balaban J connectivity index is 1.40. The third kappa shape index (κ3) is 3.05. The van der Waals surface area contributed by atoms with Crippen molar-refractivity contribution in [2.24, 2.45) is 0 Å². The van der Waals surface area contributed by atoms with Gasteiger partial charge in [-0.2, -0.15) is 5.10 Å². The average Bonchev–Trinajstić information content (AvgIpc) is 3.36. The second-order valence-corrected chi connectivity index (χ2v) is 6.88. The minimum atomic E-state index is 0.603. The Morgan fingerprint density at radius 2 is 1.78 bits per heavy atom. The summed E-state index contributed by atoms with van der Waals surface area (Å²) < 4.78 is 5.12. The Labute approximate surface area is 142 Å². The van der Waals surface area contributed by atoms with Gasteiger partial charge in [-0.25, -0.2) is 4.68 Å². The molecule has 1 aliphatic heterocycles. The quantitative estimate of drug-likeness (QED) is 0.807. The lowest BCUT2D eigenvalue weighted by atomic mass is 10.2. The SMILES string of the molecule is Cc1nn(CN2CCN(c3ccccc3)CC2)c(=S)n1C1CC1. The van der Waals surface area contributed by atoms with Crippen molar-refractivity contribution in [2.75, 3.05) is 31.1 Å². The van der Waals surface area contributed by atoms with Crippen LogP contribution >= 0.6 is 12.2 Å². The lowest BCUT2D eigenvalue weighted by Gasteiger charge is -2.35. The molecule has 0 N–H and O–H groups in total. The number of anilines is 1. The van der Waals surface area contributed by atoms with E-state index in [1.54, 1.807) is 0 Å². The molecule has 0 unspecified atom stereocenters. The molecule has 1 aliphatic carbocycles. The first-order valence-corrected chi connectivity index (χ1v) is 8.81. The maximum absolute atomic E-state index is 5.62. The fourth-order valence-electron chi connectivity index (χ4n) is 3.35. The first-order chi connectivity index (χ1) is 11.2. The van der Waals surface area contributed by atoms with E-state index in [0.717, 1.165) is 43.4 Å². The van der Waals surface area contributed by atoms with Gasteiger partial charge in [0.05, 0.1) is 6.67 Å². The lowest BCUT2D eigenvalue weighted by Crippen LogP contribution is -2.47. The zero-order chi connectivity index (χ0) is 15.8. The molecule has 2 heterocycles. The molecule has 23 heavy (non-hydrogen) atoms. The minimum absolute atomic E-state index is 0.603. The number of piperazine rings is 1. The highest BCUT2D eigenvalue weighted by molar-refractivity contribution is 7.71. The molecular formula is C17H23N5S. The van der Waals surface area contributed by atoms with E-state index in [1.807, 2.05) is 4.68 Å². The molecule has 4 rings (SSSR count). The van der Waals surface area contributed by atoms with E-state index in [0.29, 0.717) is 6.04 Å². The molecule has 2 fully saturated rings. The molecule has 0 atom stereocenters. The predicted molar refractivity (Wildman–Crippen MR) is 94.3 cm³/mol. The van der Waals surface area contributed by atoms with E-state index in [1.165, 1.54) is 18.5 Å². The van der Waals surface area contributed by atoms with Crippen molar-refractivity contribution in [1.29, 1.82) is 0 Å². The topological polar surface area (TPSA) is 29.2 Å². The van der Waals surface area contributed by atoms with E-state index in [2.05, 4.69) is 56.7 Å². The van der Waals surface area contributed by atoms with Crippen LogP contribution in [0.15, 0.2) is 30.3 Å². The van der Waals surface area contributed by atoms with Crippen molar-refractivity contribution in [3.05, 3.63) is 40.9 Å². The van der Waals surface area contributed by atoms with Crippen LogP contribution in [0.5, 0.6) is 0 Å². The van der Waals surface area contributed by atoms with E-state index in [9.17, 15) is 0 Å². The van der Waals surface area contributed by atoms with Crippen molar-refractivity contribution >= 4 is 17.9 Å². The van der Waals surface area contributed by atoms with Crippen molar-refractivity contribution in [2.45, 2.75) is 32.5 Å². The van der Waals surface area contributed by atoms with Crippen LogP contribution < -0.4 is 4.90 Å². The number of para-hydroxylation sites is 1. The Bertz CT molecular complexity index is 723.